The van der Waals surface area contributed by atoms with Gasteiger partial charge in [-0.1, -0.05) is 49.2 Å². The maximum atomic E-state index is 12.7. The summed E-state index contributed by atoms with van der Waals surface area (Å²) in [5.41, 5.74) is 11.7. The number of methoxy groups -OCH3 is 1. The van der Waals surface area contributed by atoms with Gasteiger partial charge in [-0.15, -0.1) is 0 Å². The van der Waals surface area contributed by atoms with Gasteiger partial charge in [0, 0.05) is 18.9 Å². The van der Waals surface area contributed by atoms with Crippen molar-refractivity contribution in [2.24, 2.45) is 11.0 Å². The number of carbonyl (C=O) groups is 1. The largest absolute Gasteiger partial charge is 0.484 e. The number of para-hydroxylation sites is 1. The molecule has 1 aliphatic rings. The van der Waals surface area contributed by atoms with Crippen LogP contribution in [0.1, 0.15) is 54.4 Å². The van der Waals surface area contributed by atoms with E-state index in [-0.39, 0.29) is 24.4 Å². The van der Waals surface area contributed by atoms with Crippen LogP contribution in [0.3, 0.4) is 0 Å². The Morgan fingerprint density at radius 2 is 1.87 bits per heavy atom. The average Bonchev–Trinajstić information content (AvgIpc) is 3.61. The molecule has 2 aromatic heterocycles. The number of benzene rings is 2. The molecule has 5 rings (SSSR count). The van der Waals surface area contributed by atoms with Crippen LogP contribution in [0.5, 0.6) is 5.75 Å². The summed E-state index contributed by atoms with van der Waals surface area (Å²) in [5.74, 6) is 0.571. The Kier molecular flexibility index (Phi) is 10.5. The lowest BCUT2D eigenvalue weighted by atomic mass is 9.97. The second-order valence-electron chi connectivity index (χ2n) is 10.6. The zero-order valence-electron chi connectivity index (χ0n) is 24.9. The first-order chi connectivity index (χ1) is 22.1. The molecule has 11 nitrogen and oxygen atoms in total. The van der Waals surface area contributed by atoms with Crippen LogP contribution in [0.4, 0.5) is 5.95 Å². The average molecular weight is 603 g/mol. The van der Waals surface area contributed by atoms with Crippen molar-refractivity contribution >= 4 is 17.6 Å². The van der Waals surface area contributed by atoms with Crippen LogP contribution >= 0.6 is 0 Å². The first-order valence-corrected chi connectivity index (χ1v) is 14.7. The van der Waals surface area contributed by atoms with E-state index in [4.69, 9.17) is 20.0 Å². The number of carbonyl (C=O) groups excluding carboxylic acids is 1. The second kappa shape index (κ2) is 15.3. The van der Waals surface area contributed by atoms with Gasteiger partial charge in [0.05, 0.1) is 41.0 Å². The zero-order chi connectivity index (χ0) is 31.4. The van der Waals surface area contributed by atoms with E-state index in [0.717, 1.165) is 24.2 Å². The minimum Gasteiger partial charge on any atom is -0.484 e. The summed E-state index contributed by atoms with van der Waals surface area (Å²) >= 11 is 0. The van der Waals surface area contributed by atoms with Crippen LogP contribution in [-0.2, 0) is 16.1 Å². The first-order valence-electron chi connectivity index (χ1n) is 14.7. The molecule has 1 atom stereocenters. The molecule has 0 bridgehead atoms. The van der Waals surface area contributed by atoms with Gasteiger partial charge in [0.2, 0.25) is 5.95 Å². The van der Waals surface area contributed by atoms with Crippen molar-refractivity contribution in [2.45, 2.75) is 38.3 Å². The maximum absolute atomic E-state index is 12.7. The highest BCUT2D eigenvalue weighted by atomic mass is 16.5. The summed E-state index contributed by atoms with van der Waals surface area (Å²) in [4.78, 5) is 26.5. The number of hydrogen-bond donors (Lipinski definition) is 3. The number of hydrogen-bond acceptors (Lipinski definition) is 10. The Balaban J connectivity index is 1.36. The SMILES string of the molecule is COC(c1cccc(CN/C=C(\N=N)c2cc(-c3cccc(C#N)c3)nc(NC(=O)COc3ccccc3)n2)n1)C1CCCC1. The van der Waals surface area contributed by atoms with Gasteiger partial charge in [0.25, 0.3) is 5.91 Å². The standard InChI is InChI=1S/C34H34N8O3/c1-44-33(24-10-5-6-11-24)28-16-8-13-26(38-28)20-37-21-31(42-36)30-18-29(25-12-7-9-23(17-25)19-35)39-34(40-30)41-32(43)22-45-27-14-3-2-4-15-27/h2-4,7-9,12-18,21,24,33,36-37H,5-6,10-11,20,22H2,1H3,(H,39,40,41,43)/b31-21-,42-36?. The molecule has 228 valence electrons. The van der Waals surface area contributed by atoms with Gasteiger partial charge < -0.3 is 14.8 Å². The molecule has 4 aromatic rings. The summed E-state index contributed by atoms with van der Waals surface area (Å²) in [7, 11) is 1.74. The highest BCUT2D eigenvalue weighted by molar-refractivity contribution is 5.90. The van der Waals surface area contributed by atoms with Gasteiger partial charge in [0.1, 0.15) is 17.6 Å². The molecule has 1 aliphatic carbocycles. The third-order valence-corrected chi connectivity index (χ3v) is 7.48. The molecule has 1 fully saturated rings. The minimum absolute atomic E-state index is 0.00737. The number of amides is 1. The Labute approximate surface area is 261 Å². The number of nitriles is 1. The second-order valence-corrected chi connectivity index (χ2v) is 10.6. The number of anilines is 1. The summed E-state index contributed by atoms with van der Waals surface area (Å²) < 4.78 is 11.4. The van der Waals surface area contributed by atoms with E-state index < -0.39 is 5.91 Å². The fourth-order valence-corrected chi connectivity index (χ4v) is 5.34. The van der Waals surface area contributed by atoms with Gasteiger partial charge in [-0.3, -0.25) is 15.1 Å². The quantitative estimate of drug-likeness (QED) is 0.148. The molecule has 0 aliphatic heterocycles. The molecule has 1 amide bonds. The molecular weight excluding hydrogens is 568 g/mol. The number of rotatable bonds is 13. The highest BCUT2D eigenvalue weighted by Gasteiger charge is 2.27. The van der Waals surface area contributed by atoms with E-state index in [0.29, 0.717) is 40.7 Å². The lowest BCUT2D eigenvalue weighted by Gasteiger charge is -2.21. The highest BCUT2D eigenvalue weighted by Crippen LogP contribution is 2.37. The molecule has 0 saturated heterocycles. The van der Waals surface area contributed by atoms with Crippen molar-refractivity contribution in [3.8, 4) is 23.1 Å². The van der Waals surface area contributed by atoms with Crippen molar-refractivity contribution in [1.82, 2.24) is 20.3 Å². The van der Waals surface area contributed by atoms with E-state index >= 15 is 0 Å². The van der Waals surface area contributed by atoms with Gasteiger partial charge in [0.15, 0.2) is 6.61 Å². The van der Waals surface area contributed by atoms with Crippen LogP contribution in [0.25, 0.3) is 17.0 Å². The van der Waals surface area contributed by atoms with Gasteiger partial charge >= 0.3 is 0 Å². The van der Waals surface area contributed by atoms with E-state index in [2.05, 4.69) is 31.8 Å². The molecule has 1 unspecified atom stereocenters. The van der Waals surface area contributed by atoms with Gasteiger partial charge in [-0.25, -0.2) is 15.5 Å². The minimum atomic E-state index is -0.461. The predicted octanol–water partition coefficient (Wildman–Crippen LogP) is 6.42. The topological polar surface area (TPSA) is 158 Å². The predicted molar refractivity (Wildman–Crippen MR) is 169 cm³/mol. The smallest absolute Gasteiger partial charge is 0.264 e. The number of nitrogens with one attached hydrogen (secondary N) is 3. The van der Waals surface area contributed by atoms with Crippen molar-refractivity contribution < 1.29 is 14.3 Å². The Morgan fingerprint density at radius 1 is 1.07 bits per heavy atom. The fraction of sp³-hybridized carbons (Fsp3) is 0.265. The van der Waals surface area contributed by atoms with Crippen LogP contribution in [0, 0.1) is 22.8 Å². The van der Waals surface area contributed by atoms with E-state index in [9.17, 15) is 10.1 Å². The summed E-state index contributed by atoms with van der Waals surface area (Å²) in [6.07, 6.45) is 6.27. The van der Waals surface area contributed by atoms with Crippen molar-refractivity contribution in [3.05, 3.63) is 108 Å². The molecule has 3 N–H and O–H groups in total. The Hall–Kier alpha value is -5.47. The van der Waals surface area contributed by atoms with Gasteiger partial charge in [-0.05, 0) is 61.2 Å². The summed E-state index contributed by atoms with van der Waals surface area (Å²) in [6, 6.07) is 25.6. The first kappa shape index (κ1) is 31.0. The van der Waals surface area contributed by atoms with E-state index in [1.54, 1.807) is 55.8 Å². The molecule has 45 heavy (non-hydrogen) atoms. The third-order valence-electron chi connectivity index (χ3n) is 7.48. The lowest BCUT2D eigenvalue weighted by molar-refractivity contribution is -0.118. The summed E-state index contributed by atoms with van der Waals surface area (Å²) in [6.45, 7) is 0.136. The lowest BCUT2D eigenvalue weighted by Crippen LogP contribution is -2.22. The summed E-state index contributed by atoms with van der Waals surface area (Å²) in [5, 5.41) is 19.0. The molecule has 2 heterocycles. The van der Waals surface area contributed by atoms with E-state index in [1.807, 2.05) is 36.4 Å². The molecular formula is C34H34N8O3. The van der Waals surface area contributed by atoms with Crippen LogP contribution in [0.2, 0.25) is 0 Å². The third kappa shape index (κ3) is 8.34. The fourth-order valence-electron chi connectivity index (χ4n) is 5.34. The number of nitrogens with zero attached hydrogens (tertiary/aromatic N) is 5. The van der Waals surface area contributed by atoms with Crippen molar-refractivity contribution in [3.63, 3.8) is 0 Å². The van der Waals surface area contributed by atoms with Crippen molar-refractivity contribution in [1.29, 1.82) is 10.8 Å². The monoisotopic (exact) mass is 602 g/mol. The molecule has 0 spiro atoms. The normalized spacial score (nSPS) is 13.9. The molecule has 11 heteroatoms. The molecule has 1 saturated carbocycles. The Morgan fingerprint density at radius 3 is 2.62 bits per heavy atom. The zero-order valence-corrected chi connectivity index (χ0v) is 24.9. The number of aromatic nitrogens is 3. The van der Waals surface area contributed by atoms with Crippen LogP contribution in [0.15, 0.2) is 90.2 Å². The number of pyridine rings is 1. The van der Waals surface area contributed by atoms with Crippen LogP contribution in [-0.4, -0.2) is 34.6 Å². The van der Waals surface area contributed by atoms with E-state index in [1.165, 1.54) is 12.8 Å². The van der Waals surface area contributed by atoms with Gasteiger partial charge in [-0.2, -0.15) is 10.4 Å². The maximum Gasteiger partial charge on any atom is 0.264 e. The molecule has 0 radical (unpaired) electrons. The number of ether oxygens (including phenoxy) is 2. The van der Waals surface area contributed by atoms with Crippen LogP contribution < -0.4 is 15.4 Å². The van der Waals surface area contributed by atoms with Crippen molar-refractivity contribution in [2.75, 3.05) is 19.0 Å². The molecule has 2 aromatic carbocycles. The Bertz CT molecular complexity index is 1700.